The van der Waals surface area contributed by atoms with E-state index in [-0.39, 0.29) is 11.3 Å². The number of carbonyl (C=O) groups excluding carboxylic acids is 1. The molecule has 2 rings (SSSR count). The van der Waals surface area contributed by atoms with E-state index in [9.17, 15) is 14.9 Å². The van der Waals surface area contributed by atoms with Crippen LogP contribution in [-0.2, 0) is 0 Å². The fourth-order valence-corrected chi connectivity index (χ4v) is 1.40. The summed E-state index contributed by atoms with van der Waals surface area (Å²) < 4.78 is 0. The predicted molar refractivity (Wildman–Crippen MR) is 70.9 cm³/mol. The molecule has 6 nitrogen and oxygen atoms in total. The van der Waals surface area contributed by atoms with E-state index in [0.717, 1.165) is 0 Å². The lowest BCUT2D eigenvalue weighted by Gasteiger charge is -2.00. The number of hydrogen-bond acceptors (Lipinski definition) is 5. The molecule has 1 heterocycles. The normalized spacial score (nSPS) is 9.16. The van der Waals surface area contributed by atoms with Crippen molar-refractivity contribution in [1.29, 1.82) is 0 Å². The fourth-order valence-electron chi connectivity index (χ4n) is 1.40. The Morgan fingerprint density at radius 1 is 1.21 bits per heavy atom. The van der Waals surface area contributed by atoms with Crippen LogP contribution in [0.1, 0.15) is 24.2 Å². The van der Waals surface area contributed by atoms with Crippen LogP contribution in [0.2, 0.25) is 0 Å². The minimum atomic E-state index is -0.598. The monoisotopic (exact) mass is 259 g/mol. The quantitative estimate of drug-likeness (QED) is 0.480. The van der Waals surface area contributed by atoms with E-state index in [1.54, 1.807) is 18.5 Å². The summed E-state index contributed by atoms with van der Waals surface area (Å²) in [6, 6.07) is 5.85. The first-order valence-electron chi connectivity index (χ1n) is 5.73. The highest BCUT2D eigenvalue weighted by Crippen LogP contribution is 2.22. The molecule has 98 valence electrons. The number of aromatic nitrogens is 2. The van der Waals surface area contributed by atoms with Gasteiger partial charge in [0.2, 0.25) is 0 Å². The van der Waals surface area contributed by atoms with Gasteiger partial charge < -0.3 is 0 Å². The van der Waals surface area contributed by atoms with Crippen molar-refractivity contribution in [3.05, 3.63) is 52.3 Å². The first kappa shape index (κ1) is 14.4. The number of nitrogens with zero attached hydrogens (tertiary/aromatic N) is 3. The molecule has 0 aliphatic rings. The molecule has 0 atom stereocenters. The zero-order valence-electron chi connectivity index (χ0n) is 10.6. The average Bonchev–Trinajstić information content (AvgIpc) is 2.49. The third kappa shape index (κ3) is 3.41. The van der Waals surface area contributed by atoms with Crippen molar-refractivity contribution in [3.8, 4) is 11.4 Å². The van der Waals surface area contributed by atoms with E-state index in [1.165, 1.54) is 18.2 Å². The topological polar surface area (TPSA) is 86.0 Å². The van der Waals surface area contributed by atoms with Crippen molar-refractivity contribution in [2.75, 3.05) is 0 Å². The Hall–Kier alpha value is -2.63. The van der Waals surface area contributed by atoms with E-state index >= 15 is 0 Å². The molecule has 0 radical (unpaired) electrons. The molecule has 1 aromatic heterocycles. The van der Waals surface area contributed by atoms with Gasteiger partial charge in [0.05, 0.1) is 10.5 Å². The zero-order valence-corrected chi connectivity index (χ0v) is 10.6. The van der Waals surface area contributed by atoms with Crippen molar-refractivity contribution in [3.63, 3.8) is 0 Å². The van der Waals surface area contributed by atoms with Gasteiger partial charge in [0.15, 0.2) is 12.1 Å². The lowest BCUT2D eigenvalue weighted by atomic mass is 10.1. The van der Waals surface area contributed by atoms with Gasteiger partial charge in [-0.2, -0.15) is 0 Å². The molecular formula is C13H13N3O3. The number of hydrogen-bond donors (Lipinski definition) is 0. The summed E-state index contributed by atoms with van der Waals surface area (Å²) in [6.07, 6.45) is 3.57. The van der Waals surface area contributed by atoms with Crippen LogP contribution in [0, 0.1) is 10.1 Å². The Balaban J connectivity index is 0.000000861. The number of carbonyl (C=O) groups is 1. The van der Waals surface area contributed by atoms with Gasteiger partial charge in [-0.25, -0.2) is 9.97 Å². The van der Waals surface area contributed by atoms with Gasteiger partial charge in [-0.1, -0.05) is 13.8 Å². The van der Waals surface area contributed by atoms with E-state index in [0.29, 0.717) is 17.7 Å². The van der Waals surface area contributed by atoms with Crippen LogP contribution in [-0.4, -0.2) is 21.2 Å². The van der Waals surface area contributed by atoms with Crippen LogP contribution in [0.3, 0.4) is 0 Å². The second kappa shape index (κ2) is 6.95. The Bertz CT molecular complexity index is 571. The maximum absolute atomic E-state index is 10.8. The lowest BCUT2D eigenvalue weighted by molar-refractivity contribution is -0.385. The number of nitro groups is 1. The molecule has 2 aromatic rings. The minimum absolute atomic E-state index is 0.0138. The zero-order chi connectivity index (χ0) is 14.3. The maximum Gasteiger partial charge on any atom is 0.279 e. The molecular weight excluding hydrogens is 246 g/mol. The van der Waals surface area contributed by atoms with E-state index < -0.39 is 4.92 Å². The third-order valence-electron chi connectivity index (χ3n) is 2.18. The second-order valence-corrected chi connectivity index (χ2v) is 3.22. The molecule has 0 amide bonds. The van der Waals surface area contributed by atoms with Gasteiger partial charge in [-0.05, 0) is 18.2 Å². The van der Waals surface area contributed by atoms with Gasteiger partial charge in [-0.15, -0.1) is 0 Å². The summed E-state index contributed by atoms with van der Waals surface area (Å²) in [5, 5.41) is 10.6. The molecule has 0 aliphatic carbocycles. The highest BCUT2D eigenvalue weighted by molar-refractivity contribution is 5.83. The van der Waals surface area contributed by atoms with Gasteiger partial charge in [0.25, 0.3) is 5.69 Å². The van der Waals surface area contributed by atoms with Crippen LogP contribution in [0.25, 0.3) is 11.4 Å². The molecule has 0 saturated heterocycles. The van der Waals surface area contributed by atoms with Crippen LogP contribution >= 0.6 is 0 Å². The minimum Gasteiger partial charge on any atom is -0.298 e. The highest BCUT2D eigenvalue weighted by atomic mass is 16.6. The highest BCUT2D eigenvalue weighted by Gasteiger charge is 2.14. The first-order valence-corrected chi connectivity index (χ1v) is 5.73. The Morgan fingerprint density at radius 2 is 1.84 bits per heavy atom. The van der Waals surface area contributed by atoms with Gasteiger partial charge in [-0.3, -0.25) is 14.9 Å². The Kier molecular flexibility index (Phi) is 5.28. The molecule has 19 heavy (non-hydrogen) atoms. The fraction of sp³-hybridized carbons (Fsp3) is 0.154. The second-order valence-electron chi connectivity index (χ2n) is 3.22. The summed E-state index contributed by atoms with van der Waals surface area (Å²) in [5.41, 5.74) is 0.359. The van der Waals surface area contributed by atoms with Crippen molar-refractivity contribution >= 4 is 12.0 Å². The van der Waals surface area contributed by atoms with E-state index in [4.69, 9.17) is 0 Å². The Morgan fingerprint density at radius 3 is 2.37 bits per heavy atom. The van der Waals surface area contributed by atoms with Crippen molar-refractivity contribution < 1.29 is 9.72 Å². The average molecular weight is 259 g/mol. The SMILES string of the molecule is CC.O=Cc1cc(-c2ncccn2)ccc1[N+](=O)[O-]. The molecule has 1 aromatic carbocycles. The van der Waals surface area contributed by atoms with Crippen LogP contribution in [0.5, 0.6) is 0 Å². The third-order valence-corrected chi connectivity index (χ3v) is 2.18. The molecule has 0 saturated carbocycles. The van der Waals surface area contributed by atoms with Gasteiger partial charge >= 0.3 is 0 Å². The first-order chi connectivity index (χ1) is 9.22. The van der Waals surface area contributed by atoms with Crippen LogP contribution in [0.15, 0.2) is 36.7 Å². The molecule has 0 aliphatic heterocycles. The van der Waals surface area contributed by atoms with Gasteiger partial charge in [0.1, 0.15) is 0 Å². The molecule has 0 bridgehead atoms. The van der Waals surface area contributed by atoms with E-state index in [2.05, 4.69) is 9.97 Å². The van der Waals surface area contributed by atoms with Crippen molar-refractivity contribution in [2.45, 2.75) is 13.8 Å². The van der Waals surface area contributed by atoms with Gasteiger partial charge in [0, 0.05) is 24.0 Å². The molecule has 0 fully saturated rings. The number of rotatable bonds is 3. The lowest BCUT2D eigenvalue weighted by Crippen LogP contribution is -1.95. The largest absolute Gasteiger partial charge is 0.298 e. The Labute approximate surface area is 110 Å². The summed E-state index contributed by atoms with van der Waals surface area (Å²) >= 11 is 0. The number of aldehydes is 1. The molecule has 0 unspecified atom stereocenters. The summed E-state index contributed by atoms with van der Waals surface area (Å²) in [5.74, 6) is 0.422. The van der Waals surface area contributed by atoms with Crippen LogP contribution in [0.4, 0.5) is 5.69 Å². The number of benzene rings is 1. The standard InChI is InChI=1S/C11H7N3O3.C2H6/c15-7-9-6-8(2-3-10(9)14(16)17)11-12-4-1-5-13-11;1-2/h1-7H;1-2H3. The maximum atomic E-state index is 10.8. The molecule has 6 heteroatoms. The van der Waals surface area contributed by atoms with E-state index in [1.807, 2.05) is 13.8 Å². The summed E-state index contributed by atoms with van der Waals surface area (Å²) in [6.45, 7) is 4.00. The van der Waals surface area contributed by atoms with Crippen molar-refractivity contribution in [2.24, 2.45) is 0 Å². The summed E-state index contributed by atoms with van der Waals surface area (Å²) in [7, 11) is 0. The predicted octanol–water partition coefficient (Wildman–Crippen LogP) is 2.89. The van der Waals surface area contributed by atoms with Crippen molar-refractivity contribution in [1.82, 2.24) is 9.97 Å². The van der Waals surface area contributed by atoms with Crippen LogP contribution < -0.4 is 0 Å². The number of nitro benzene ring substituents is 1. The summed E-state index contributed by atoms with van der Waals surface area (Å²) in [4.78, 5) is 28.8. The smallest absolute Gasteiger partial charge is 0.279 e. The molecule has 0 spiro atoms. The molecule has 0 N–H and O–H groups in total.